The van der Waals surface area contributed by atoms with Crippen molar-refractivity contribution in [2.24, 2.45) is 0 Å². The van der Waals surface area contributed by atoms with Gasteiger partial charge in [-0.15, -0.1) is 0 Å². The molecule has 0 fully saturated rings. The van der Waals surface area contributed by atoms with Gasteiger partial charge in [-0.3, -0.25) is 4.79 Å². The lowest BCUT2D eigenvalue weighted by atomic mass is 10.1. The predicted molar refractivity (Wildman–Crippen MR) is 58.4 cm³/mol. The van der Waals surface area contributed by atoms with Crippen molar-refractivity contribution in [2.75, 3.05) is 25.2 Å². The highest BCUT2D eigenvalue weighted by Crippen LogP contribution is 1.98. The first kappa shape index (κ1) is 14.4. The first-order valence-corrected chi connectivity index (χ1v) is 6.51. The highest BCUT2D eigenvalue weighted by molar-refractivity contribution is 7.92. The van der Waals surface area contributed by atoms with E-state index in [-0.39, 0.29) is 11.3 Å². The topological polar surface area (TPSA) is 72.5 Å². The van der Waals surface area contributed by atoms with Crippen molar-refractivity contribution >= 4 is 15.8 Å². The van der Waals surface area contributed by atoms with E-state index in [4.69, 9.17) is 0 Å². The molecule has 0 radical (unpaired) electrons. The van der Waals surface area contributed by atoms with Crippen molar-refractivity contribution in [3.05, 3.63) is 0 Å². The fraction of sp³-hybridized carbons (Fsp3) is 0.889. The van der Waals surface area contributed by atoms with E-state index in [0.29, 0.717) is 6.54 Å². The molecule has 0 saturated heterocycles. The van der Waals surface area contributed by atoms with Crippen LogP contribution in [-0.4, -0.2) is 45.1 Å². The predicted octanol–water partition coefficient (Wildman–Crippen LogP) is -0.0377. The number of methoxy groups -OCH3 is 1. The van der Waals surface area contributed by atoms with E-state index in [1.54, 1.807) is 0 Å². The zero-order valence-electron chi connectivity index (χ0n) is 9.66. The van der Waals surface area contributed by atoms with Gasteiger partial charge in [0.2, 0.25) is 0 Å². The number of carbonyl (C=O) groups excluding carboxylic acids is 1. The molecule has 0 heterocycles. The molecule has 1 N–H and O–H groups in total. The van der Waals surface area contributed by atoms with E-state index < -0.39 is 21.6 Å². The minimum atomic E-state index is -3.35. The Kier molecular flexibility index (Phi) is 5.23. The van der Waals surface area contributed by atoms with E-state index in [1.165, 1.54) is 7.11 Å². The largest absolute Gasteiger partial charge is 0.468 e. The molecule has 0 aromatic rings. The van der Waals surface area contributed by atoms with E-state index >= 15 is 0 Å². The molecule has 0 aromatic carbocycles. The number of esters is 1. The minimum Gasteiger partial charge on any atom is -0.468 e. The Bertz CT molecular complexity index is 303. The number of ether oxygens (including phenoxy) is 1. The second-order valence-electron chi connectivity index (χ2n) is 4.34. The van der Waals surface area contributed by atoms with Gasteiger partial charge in [-0.05, 0) is 20.8 Å². The summed E-state index contributed by atoms with van der Waals surface area (Å²) < 4.78 is 27.0. The molecule has 5 nitrogen and oxygen atoms in total. The molecule has 0 spiro atoms. The highest BCUT2D eigenvalue weighted by Gasteiger charge is 2.18. The van der Waals surface area contributed by atoms with Crippen molar-refractivity contribution < 1.29 is 17.9 Å². The van der Waals surface area contributed by atoms with Crippen LogP contribution in [-0.2, 0) is 19.4 Å². The Hall–Kier alpha value is -0.620. The molecule has 0 saturated carbocycles. The number of rotatable bonds is 5. The third-order valence-corrected chi connectivity index (χ3v) is 3.14. The third-order valence-electron chi connectivity index (χ3n) is 1.63. The van der Waals surface area contributed by atoms with Crippen molar-refractivity contribution in [3.63, 3.8) is 0 Å². The van der Waals surface area contributed by atoms with Crippen LogP contribution in [0.15, 0.2) is 0 Å². The van der Waals surface area contributed by atoms with Crippen LogP contribution < -0.4 is 5.32 Å². The minimum absolute atomic E-state index is 0.0562. The molecule has 0 aromatic heterocycles. The molecular weight excluding hydrogens is 218 g/mol. The number of nitrogens with one attached hydrogen (secondary N) is 1. The van der Waals surface area contributed by atoms with Gasteiger partial charge in [-0.1, -0.05) is 0 Å². The van der Waals surface area contributed by atoms with Crippen molar-refractivity contribution in [1.29, 1.82) is 0 Å². The Morgan fingerprint density at radius 3 is 2.27 bits per heavy atom. The first-order valence-electron chi connectivity index (χ1n) is 4.68. The van der Waals surface area contributed by atoms with Crippen LogP contribution in [0.5, 0.6) is 0 Å². The summed E-state index contributed by atoms with van der Waals surface area (Å²) in [6.45, 7) is 6.17. The number of carbonyl (C=O) groups is 1. The van der Waals surface area contributed by atoms with Gasteiger partial charge in [0, 0.05) is 12.1 Å². The number of sulfone groups is 1. The SMILES string of the molecule is COC(=O)CS(=O)(=O)CCNC(C)(C)C. The second kappa shape index (κ2) is 5.46. The van der Waals surface area contributed by atoms with Crippen LogP contribution in [0.3, 0.4) is 0 Å². The molecule has 90 valence electrons. The summed E-state index contributed by atoms with van der Waals surface area (Å²) in [7, 11) is -2.18. The third kappa shape index (κ3) is 8.38. The normalized spacial score (nSPS) is 12.5. The average Bonchev–Trinajstić information content (AvgIpc) is 2.00. The van der Waals surface area contributed by atoms with Gasteiger partial charge in [0.1, 0.15) is 5.75 Å². The van der Waals surface area contributed by atoms with E-state index in [2.05, 4.69) is 10.1 Å². The molecule has 0 aliphatic carbocycles. The van der Waals surface area contributed by atoms with Gasteiger partial charge in [-0.25, -0.2) is 8.42 Å². The van der Waals surface area contributed by atoms with Crippen LogP contribution in [0.2, 0.25) is 0 Å². The van der Waals surface area contributed by atoms with Crippen LogP contribution in [0.1, 0.15) is 20.8 Å². The van der Waals surface area contributed by atoms with Crippen LogP contribution in [0.25, 0.3) is 0 Å². The molecule has 0 bridgehead atoms. The van der Waals surface area contributed by atoms with Gasteiger partial charge in [0.15, 0.2) is 9.84 Å². The molecule has 0 amide bonds. The molecular formula is C9H19NO4S. The van der Waals surface area contributed by atoms with Gasteiger partial charge in [0.25, 0.3) is 0 Å². The maximum absolute atomic E-state index is 11.3. The summed E-state index contributed by atoms with van der Waals surface area (Å²) >= 11 is 0. The van der Waals surface area contributed by atoms with E-state index in [9.17, 15) is 13.2 Å². The maximum Gasteiger partial charge on any atom is 0.320 e. The fourth-order valence-electron chi connectivity index (χ4n) is 0.892. The number of hydrogen-bond acceptors (Lipinski definition) is 5. The Balaban J connectivity index is 4.01. The van der Waals surface area contributed by atoms with E-state index in [0.717, 1.165) is 0 Å². The van der Waals surface area contributed by atoms with Gasteiger partial charge in [0.05, 0.1) is 12.9 Å². The summed E-state index contributed by atoms with van der Waals surface area (Å²) in [6, 6.07) is 0. The Labute approximate surface area is 91.1 Å². The standard InChI is InChI=1S/C9H19NO4S/c1-9(2,3)10-5-6-15(12,13)7-8(11)14-4/h10H,5-7H2,1-4H3. The maximum atomic E-state index is 11.3. The fourth-order valence-corrected chi connectivity index (χ4v) is 1.93. The lowest BCUT2D eigenvalue weighted by Gasteiger charge is -2.20. The summed E-state index contributed by atoms with van der Waals surface area (Å²) in [5, 5.41) is 3.04. The van der Waals surface area contributed by atoms with Crippen molar-refractivity contribution in [1.82, 2.24) is 5.32 Å². The summed E-state index contributed by atoms with van der Waals surface area (Å²) in [4.78, 5) is 10.8. The summed E-state index contributed by atoms with van der Waals surface area (Å²) in [5.41, 5.74) is -0.124. The van der Waals surface area contributed by atoms with Crippen LogP contribution in [0.4, 0.5) is 0 Å². The molecule has 15 heavy (non-hydrogen) atoms. The van der Waals surface area contributed by atoms with Crippen LogP contribution in [0, 0.1) is 0 Å². The van der Waals surface area contributed by atoms with Gasteiger partial charge >= 0.3 is 5.97 Å². The first-order chi connectivity index (χ1) is 6.66. The smallest absolute Gasteiger partial charge is 0.320 e. The van der Waals surface area contributed by atoms with Crippen molar-refractivity contribution in [2.45, 2.75) is 26.3 Å². The average molecular weight is 237 g/mol. The summed E-state index contributed by atoms with van der Waals surface area (Å²) in [5.74, 6) is -1.32. The molecule has 0 rings (SSSR count). The second-order valence-corrected chi connectivity index (χ2v) is 6.53. The Morgan fingerprint density at radius 2 is 1.87 bits per heavy atom. The molecule has 6 heteroatoms. The summed E-state index contributed by atoms with van der Waals surface area (Å²) in [6.07, 6.45) is 0. The number of hydrogen-bond donors (Lipinski definition) is 1. The van der Waals surface area contributed by atoms with Crippen LogP contribution >= 0.6 is 0 Å². The zero-order valence-corrected chi connectivity index (χ0v) is 10.5. The highest BCUT2D eigenvalue weighted by atomic mass is 32.2. The van der Waals surface area contributed by atoms with Gasteiger partial charge < -0.3 is 10.1 Å². The zero-order chi connectivity index (χ0) is 12.1. The molecule has 0 atom stereocenters. The quantitative estimate of drug-likeness (QED) is 0.679. The van der Waals surface area contributed by atoms with Crippen molar-refractivity contribution in [3.8, 4) is 0 Å². The lowest BCUT2D eigenvalue weighted by Crippen LogP contribution is -2.39. The molecule has 0 aliphatic rings. The monoisotopic (exact) mass is 237 g/mol. The Morgan fingerprint density at radius 1 is 1.33 bits per heavy atom. The molecule has 0 aliphatic heterocycles. The van der Waals surface area contributed by atoms with Gasteiger partial charge in [-0.2, -0.15) is 0 Å². The molecule has 0 unspecified atom stereocenters. The lowest BCUT2D eigenvalue weighted by molar-refractivity contribution is -0.137. The van der Waals surface area contributed by atoms with E-state index in [1.807, 2.05) is 20.8 Å².